The minimum Gasteiger partial charge on any atom is -0.508 e. The summed E-state index contributed by atoms with van der Waals surface area (Å²) in [7, 11) is 5.32. The van der Waals surface area contributed by atoms with Crippen molar-refractivity contribution in [3.8, 4) is 11.5 Å². The van der Waals surface area contributed by atoms with Crippen LogP contribution >= 0.6 is 22.7 Å². The van der Waals surface area contributed by atoms with Crippen molar-refractivity contribution in [2.45, 2.75) is 253 Å². The Labute approximate surface area is 667 Å². The van der Waals surface area contributed by atoms with E-state index in [2.05, 4.69) is 31.2 Å². The number of aromatic nitrogens is 2. The number of esters is 3. The molecule has 31 heteroatoms. The Morgan fingerprint density at radius 3 is 1.24 bits per heavy atom. The lowest BCUT2D eigenvalue weighted by Gasteiger charge is -2.39. The van der Waals surface area contributed by atoms with E-state index in [1.165, 1.54) is 55.5 Å². The predicted molar refractivity (Wildman–Crippen MR) is 423 cm³/mol. The van der Waals surface area contributed by atoms with Gasteiger partial charge in [0.05, 0.1) is 23.9 Å². The second-order valence-corrected chi connectivity index (χ2v) is 32.4. The largest absolute Gasteiger partial charge is 0.508 e. The molecule has 2 aliphatic rings. The van der Waals surface area contributed by atoms with Gasteiger partial charge in [-0.2, -0.15) is 0 Å². The molecule has 4 heterocycles. The predicted octanol–water partition coefficient (Wildman–Crippen LogP) is 10.2. The van der Waals surface area contributed by atoms with Gasteiger partial charge in [-0.05, 0) is 144 Å². The van der Waals surface area contributed by atoms with E-state index in [0.29, 0.717) is 48.5 Å². The number of amides is 6. The fourth-order valence-electron chi connectivity index (χ4n) is 13.9. The molecule has 6 rings (SSSR count). The van der Waals surface area contributed by atoms with Gasteiger partial charge >= 0.3 is 29.8 Å². The summed E-state index contributed by atoms with van der Waals surface area (Å²) in [5.41, 5.74) is 1.69. The van der Waals surface area contributed by atoms with Crippen LogP contribution in [0.15, 0.2) is 59.3 Å². The highest BCUT2D eigenvalue weighted by Gasteiger charge is 2.42. The Morgan fingerprint density at radius 1 is 0.545 bits per heavy atom. The lowest BCUT2D eigenvalue weighted by atomic mass is 9.92. The number of rotatable bonds is 42. The van der Waals surface area contributed by atoms with E-state index in [1.54, 1.807) is 48.4 Å². The molecule has 6 amide bonds. The minimum atomic E-state index is -1.01. The summed E-state index contributed by atoms with van der Waals surface area (Å²) in [5, 5.41) is 54.2. The summed E-state index contributed by atoms with van der Waals surface area (Å²) >= 11 is 2.23. The van der Waals surface area contributed by atoms with Gasteiger partial charge in [0, 0.05) is 75.1 Å². The van der Waals surface area contributed by atoms with Crippen molar-refractivity contribution < 1.29 is 92.1 Å². The van der Waals surface area contributed by atoms with Gasteiger partial charge in [-0.25, -0.2) is 9.97 Å². The van der Waals surface area contributed by atoms with Gasteiger partial charge < -0.3 is 70.4 Å². The van der Waals surface area contributed by atoms with Gasteiger partial charge in [-0.15, -0.1) is 22.7 Å². The number of piperidine rings is 2. The first-order valence-electron chi connectivity index (χ1n) is 39.2. The number of nitrogens with one attached hydrogen (secondary N) is 4. The summed E-state index contributed by atoms with van der Waals surface area (Å²) < 4.78 is 22.8. The summed E-state index contributed by atoms with van der Waals surface area (Å²) in [6.45, 7) is 24.1. The maximum Gasteiger partial charge on any atom is 0.307 e. The molecule has 2 unspecified atom stereocenters. The highest BCUT2D eigenvalue weighted by atomic mass is 32.1. The molecule has 0 bridgehead atoms. The van der Waals surface area contributed by atoms with Gasteiger partial charge in [0.15, 0.2) is 18.9 Å². The van der Waals surface area contributed by atoms with Crippen LogP contribution < -0.4 is 21.3 Å². The van der Waals surface area contributed by atoms with E-state index in [4.69, 9.17) is 18.9 Å². The van der Waals surface area contributed by atoms with Crippen molar-refractivity contribution in [3.05, 3.63) is 91.8 Å². The quantitative estimate of drug-likeness (QED) is 0.0116. The van der Waals surface area contributed by atoms with E-state index >= 15 is 0 Å². The van der Waals surface area contributed by atoms with E-state index in [-0.39, 0.29) is 122 Å². The van der Waals surface area contributed by atoms with Gasteiger partial charge in [0.25, 0.3) is 11.8 Å². The lowest BCUT2D eigenvalue weighted by molar-refractivity contribution is -0.161. The fraction of sp³-hybridized carbons (Fsp3) is 0.642. The average Bonchev–Trinajstić information content (AvgIpc) is 0.946. The van der Waals surface area contributed by atoms with Crippen molar-refractivity contribution >= 4 is 88.0 Å². The molecule has 14 atom stereocenters. The number of hydrogen-bond acceptors (Lipinski definition) is 23. The number of carbonyl (C=O) groups excluding carboxylic acids is 9. The molecule has 0 radical (unpaired) electrons. The zero-order chi connectivity index (χ0) is 83.2. The number of hydrogen-bond donors (Lipinski definition) is 8. The zero-order valence-electron chi connectivity index (χ0n) is 68.1. The highest BCUT2D eigenvalue weighted by Crippen LogP contribution is 2.35. The number of methoxy groups -OCH3 is 1. The molecule has 112 heavy (non-hydrogen) atoms. The molecule has 8 N–H and O–H groups in total. The average molecular weight is 1600 g/mol. The zero-order valence-corrected chi connectivity index (χ0v) is 69.7. The third kappa shape index (κ3) is 29.4. The standard InChI is InChI=1S/C42H63N5O10S.C39H59N5O9S/c1-9-13-36(50)56-24-47(41(53)37(26(5)10-2)45-39(52)33-14-11-12-19-46(33)8)34(25(3)4)22-35(57-28(7)48)40-44-32(23-58-40)38(51)43-30(20-27(6)42(54)55)21-29-15-17-31(49)18-16-29;1-9-24(4)34(42-36(48)31-12-10-11-17-43(31)7)38(49)44(22-52-8)32(23(2)3)20-33(53-26(6)45)37-41-30(21-54-37)35(47)40-28(18-25(5)39(50)51)19-27-13-15-29(46)16-14-27/h15-18,23,25-27,30,33-35,37,49H,9-14,19-22,24H2,1-8H3,(H,43,51)(H,45,52)(H,54,55);13-16,21,23-25,28,31-34,46H,9-12,17-20,22H2,1-8H3,(H,40,47)(H,42,48)(H,50,51)/t26?,27-,30+,33+,34+,35+,37-;24?,25-,28+,31+,32+,33+,34-/m00/s1. The molecule has 2 saturated heterocycles. The molecule has 0 aliphatic carbocycles. The van der Waals surface area contributed by atoms with Gasteiger partial charge in [0.1, 0.15) is 51.7 Å². The number of aromatic hydroxyl groups is 2. The normalized spacial score (nSPS) is 17.8. The number of aliphatic carboxylic acids is 2. The van der Waals surface area contributed by atoms with Crippen molar-refractivity contribution in [2.75, 3.05) is 47.8 Å². The summed E-state index contributed by atoms with van der Waals surface area (Å²) in [6, 6.07) is 8.12. The number of likely N-dealkylation sites (N-methyl/N-ethyl adjacent to an activating group) is 2. The molecule has 2 fully saturated rings. The Morgan fingerprint density at radius 2 is 0.920 bits per heavy atom. The molecule has 2 aromatic carbocycles. The van der Waals surface area contributed by atoms with Crippen LogP contribution in [0.4, 0.5) is 0 Å². The molecular weight excluding hydrogens is 1480 g/mol. The minimum absolute atomic E-state index is 0.0330. The number of likely N-dealkylation sites (tertiary alicyclic amines) is 2. The maximum atomic E-state index is 14.7. The van der Waals surface area contributed by atoms with Crippen LogP contribution in [0, 0.1) is 35.5 Å². The number of phenols is 2. The molecule has 2 aliphatic heterocycles. The monoisotopic (exact) mass is 1600 g/mol. The van der Waals surface area contributed by atoms with Crippen LogP contribution in [0.5, 0.6) is 11.5 Å². The topological polar surface area (TPSA) is 392 Å². The number of benzene rings is 2. The van der Waals surface area contributed by atoms with Crippen molar-refractivity contribution in [3.63, 3.8) is 0 Å². The highest BCUT2D eigenvalue weighted by molar-refractivity contribution is 7.10. The Balaban J connectivity index is 0.000000401. The van der Waals surface area contributed by atoms with Crippen molar-refractivity contribution in [1.29, 1.82) is 0 Å². The Kier molecular flexibility index (Phi) is 39.0. The first-order valence-corrected chi connectivity index (χ1v) is 40.9. The molecule has 29 nitrogen and oxygen atoms in total. The molecule has 622 valence electrons. The summed E-state index contributed by atoms with van der Waals surface area (Å²) in [6.07, 6.45) is 6.35. The Hall–Kier alpha value is -8.65. The summed E-state index contributed by atoms with van der Waals surface area (Å²) in [4.78, 5) is 161. The first kappa shape index (κ1) is 93.9. The van der Waals surface area contributed by atoms with Crippen LogP contribution in [-0.4, -0.2) is 211 Å². The molecule has 4 aromatic rings. The number of ether oxygens (including phenoxy) is 4. The SMILES string of the molecule is CCC(C)[C@H](NC(=O)[C@H]1CCCCN1C)C(=O)N(COC)[C@H](C[C@@H](OC(C)=O)c1nc(C(=O)N[C@@H](Cc2ccc(O)cc2)C[C@H](C)C(=O)O)cs1)C(C)C.CCCC(=O)OCN(C(=O)[C@@H](NC(=O)[C@H]1CCCCN1C)C(C)CC)[C@H](C[C@@H](OC(C)=O)c1nc(C(=O)N[C@@H](Cc2ccc(O)cc2)C[C@H](C)C(=O)O)cs1)C(C)C. The number of carboxylic acids is 2. The van der Waals surface area contributed by atoms with E-state index in [1.807, 2.05) is 86.2 Å². The maximum absolute atomic E-state index is 14.7. The number of carbonyl (C=O) groups is 11. The molecular formula is C81H122N10O19S2. The number of thiazole rings is 2. The first-order chi connectivity index (χ1) is 53.0. The molecule has 0 spiro atoms. The van der Waals surface area contributed by atoms with Gasteiger partial charge in [0.2, 0.25) is 23.6 Å². The van der Waals surface area contributed by atoms with Crippen molar-refractivity contribution in [2.24, 2.45) is 35.5 Å². The molecule has 0 saturated carbocycles. The number of phenolic OH excluding ortho intramolecular Hbond substituents is 2. The second-order valence-electron chi connectivity index (χ2n) is 30.6. The van der Waals surface area contributed by atoms with Crippen LogP contribution in [0.25, 0.3) is 0 Å². The third-order valence-electron chi connectivity index (χ3n) is 20.9. The third-order valence-corrected chi connectivity index (χ3v) is 22.8. The van der Waals surface area contributed by atoms with E-state index in [0.717, 1.165) is 79.0 Å². The summed E-state index contributed by atoms with van der Waals surface area (Å²) in [5.74, 6) is -8.05. The van der Waals surface area contributed by atoms with Gasteiger partial charge in [-0.1, -0.05) is 126 Å². The lowest BCUT2D eigenvalue weighted by Crippen LogP contribution is -2.59. The fourth-order valence-corrected chi connectivity index (χ4v) is 15.5. The van der Waals surface area contributed by atoms with Crippen LogP contribution in [0.1, 0.15) is 234 Å². The van der Waals surface area contributed by atoms with Gasteiger partial charge in [-0.3, -0.25) is 62.5 Å². The van der Waals surface area contributed by atoms with E-state index < -0.39 is 108 Å². The number of nitrogens with zero attached hydrogens (tertiary/aromatic N) is 6. The molecule has 2 aromatic heterocycles. The number of carboxylic acid groups (broad SMARTS) is 2. The van der Waals surface area contributed by atoms with Crippen molar-refractivity contribution in [1.82, 2.24) is 50.8 Å². The second kappa shape index (κ2) is 46.5. The van der Waals surface area contributed by atoms with E-state index in [9.17, 15) is 73.2 Å². The smallest absolute Gasteiger partial charge is 0.307 e. The van der Waals surface area contributed by atoms with Crippen LogP contribution in [0.2, 0.25) is 0 Å². The van der Waals surface area contributed by atoms with Crippen LogP contribution in [0.3, 0.4) is 0 Å². The van der Waals surface area contributed by atoms with Crippen LogP contribution in [-0.2, 0) is 74.9 Å². The Bertz CT molecular complexity index is 3710.